The normalized spacial score (nSPS) is 12.3. The van der Waals surface area contributed by atoms with Crippen LogP contribution in [0.5, 0.6) is 0 Å². The standard InChI is InChI=1S/C3H9NO.C3H9N/c1-3(5)2-4;1-3(2)4/h3,5H,2,4H2,1H3;3H,4H2,1-2H3. The van der Waals surface area contributed by atoms with Crippen molar-refractivity contribution in [2.75, 3.05) is 6.54 Å². The summed E-state index contributed by atoms with van der Waals surface area (Å²) in [5.74, 6) is 0. The molecule has 0 heterocycles. The Hall–Kier alpha value is -0.120. The lowest BCUT2D eigenvalue weighted by molar-refractivity contribution is 0.203. The minimum Gasteiger partial charge on any atom is -0.392 e. The Kier molecular flexibility index (Phi) is 10.2. The Morgan fingerprint density at radius 3 is 1.44 bits per heavy atom. The molecular weight excluding hydrogens is 116 g/mol. The quantitative estimate of drug-likeness (QED) is 0.460. The van der Waals surface area contributed by atoms with Crippen LogP contribution in [-0.2, 0) is 0 Å². The lowest BCUT2D eigenvalue weighted by Gasteiger charge is -1.91. The number of hydrogen-bond acceptors (Lipinski definition) is 3. The minimum atomic E-state index is -0.338. The van der Waals surface area contributed by atoms with Gasteiger partial charge in [0.25, 0.3) is 0 Å². The number of rotatable bonds is 1. The minimum absolute atomic E-state index is 0.333. The fourth-order valence-corrected chi connectivity index (χ4v) is 0. The average Bonchev–Trinajstić information content (AvgIpc) is 1.65. The maximum atomic E-state index is 8.24. The fraction of sp³-hybridized carbons (Fsp3) is 1.00. The molecule has 0 rings (SSSR count). The summed E-state index contributed by atoms with van der Waals surface area (Å²) in [6.07, 6.45) is -0.338. The van der Waals surface area contributed by atoms with Crippen LogP contribution in [-0.4, -0.2) is 23.8 Å². The second-order valence-electron chi connectivity index (χ2n) is 2.33. The molecule has 0 aliphatic carbocycles. The summed E-state index contributed by atoms with van der Waals surface area (Å²) in [7, 11) is 0. The first-order valence-corrected chi connectivity index (χ1v) is 3.14. The summed E-state index contributed by atoms with van der Waals surface area (Å²) in [5, 5.41) is 8.24. The van der Waals surface area contributed by atoms with Crippen molar-refractivity contribution >= 4 is 0 Å². The van der Waals surface area contributed by atoms with Gasteiger partial charge in [-0.05, 0) is 13.0 Å². The Labute approximate surface area is 57.0 Å². The van der Waals surface area contributed by atoms with Crippen molar-refractivity contribution < 1.29 is 5.11 Å². The van der Waals surface area contributed by atoms with Gasteiger partial charge in [0.05, 0.1) is 6.10 Å². The summed E-state index contributed by atoms with van der Waals surface area (Å²) in [5.41, 5.74) is 10.0. The third-order valence-corrected chi connectivity index (χ3v) is 0.341. The predicted octanol–water partition coefficient (Wildman–Crippen LogP) is -0.321. The number of nitrogens with two attached hydrogens (primary N) is 2. The highest BCUT2D eigenvalue weighted by molar-refractivity contribution is 4.40. The van der Waals surface area contributed by atoms with Gasteiger partial charge in [-0.3, -0.25) is 0 Å². The summed E-state index contributed by atoms with van der Waals surface area (Å²) in [6.45, 7) is 5.90. The SMILES string of the molecule is CC(C)N.CC(O)CN. The molecule has 58 valence electrons. The number of hydrogen-bond donors (Lipinski definition) is 3. The van der Waals surface area contributed by atoms with Crippen molar-refractivity contribution in [1.29, 1.82) is 0 Å². The highest BCUT2D eigenvalue weighted by Gasteiger charge is 1.81. The van der Waals surface area contributed by atoms with Crippen molar-refractivity contribution in [2.45, 2.75) is 32.9 Å². The summed E-state index contributed by atoms with van der Waals surface area (Å²) >= 11 is 0. The molecule has 0 bridgehead atoms. The zero-order valence-electron chi connectivity index (χ0n) is 6.46. The first-order chi connectivity index (χ1) is 4.00. The van der Waals surface area contributed by atoms with Crippen LogP contribution in [0.3, 0.4) is 0 Å². The van der Waals surface area contributed by atoms with E-state index in [1.54, 1.807) is 6.92 Å². The van der Waals surface area contributed by atoms with Gasteiger partial charge in [0.2, 0.25) is 0 Å². The van der Waals surface area contributed by atoms with Crippen molar-refractivity contribution in [3.05, 3.63) is 0 Å². The van der Waals surface area contributed by atoms with Crippen LogP contribution in [0.2, 0.25) is 0 Å². The number of aliphatic hydroxyl groups is 1. The van der Waals surface area contributed by atoms with E-state index in [0.717, 1.165) is 0 Å². The van der Waals surface area contributed by atoms with Gasteiger partial charge in [-0.15, -0.1) is 0 Å². The molecule has 0 aromatic rings. The lowest BCUT2D eigenvalue weighted by atomic mass is 10.4. The summed E-state index contributed by atoms with van der Waals surface area (Å²) in [6, 6.07) is 0.333. The molecular formula is C6H18N2O. The van der Waals surface area contributed by atoms with Gasteiger partial charge in [-0.1, -0.05) is 13.8 Å². The van der Waals surface area contributed by atoms with Crippen LogP contribution in [0.15, 0.2) is 0 Å². The smallest absolute Gasteiger partial charge is 0.0634 e. The molecule has 3 heteroatoms. The van der Waals surface area contributed by atoms with Gasteiger partial charge in [-0.25, -0.2) is 0 Å². The Morgan fingerprint density at radius 1 is 1.33 bits per heavy atom. The fourth-order valence-electron chi connectivity index (χ4n) is 0. The van der Waals surface area contributed by atoms with Gasteiger partial charge < -0.3 is 16.6 Å². The zero-order valence-corrected chi connectivity index (χ0v) is 6.46. The molecule has 0 aromatic carbocycles. The van der Waals surface area contributed by atoms with E-state index in [4.69, 9.17) is 16.6 Å². The van der Waals surface area contributed by atoms with Crippen molar-refractivity contribution in [1.82, 2.24) is 0 Å². The third kappa shape index (κ3) is 77.1. The maximum absolute atomic E-state index is 8.24. The molecule has 1 unspecified atom stereocenters. The van der Waals surface area contributed by atoms with Crippen molar-refractivity contribution in [2.24, 2.45) is 11.5 Å². The molecule has 9 heavy (non-hydrogen) atoms. The van der Waals surface area contributed by atoms with Gasteiger partial charge in [0.1, 0.15) is 0 Å². The van der Waals surface area contributed by atoms with Crippen LogP contribution in [0.1, 0.15) is 20.8 Å². The summed E-state index contributed by atoms with van der Waals surface area (Å²) in [4.78, 5) is 0. The van der Waals surface area contributed by atoms with Crippen LogP contribution < -0.4 is 11.5 Å². The molecule has 0 spiro atoms. The first-order valence-electron chi connectivity index (χ1n) is 3.14. The Balaban J connectivity index is 0. The van der Waals surface area contributed by atoms with Crippen molar-refractivity contribution in [3.8, 4) is 0 Å². The van der Waals surface area contributed by atoms with Crippen LogP contribution in [0.4, 0.5) is 0 Å². The monoisotopic (exact) mass is 134 g/mol. The number of aliphatic hydroxyl groups excluding tert-OH is 1. The zero-order chi connectivity index (χ0) is 7.86. The molecule has 1 atom stereocenters. The van der Waals surface area contributed by atoms with Crippen LogP contribution in [0.25, 0.3) is 0 Å². The van der Waals surface area contributed by atoms with E-state index in [9.17, 15) is 0 Å². The third-order valence-electron chi connectivity index (χ3n) is 0.341. The molecule has 0 saturated carbocycles. The van der Waals surface area contributed by atoms with Gasteiger partial charge in [0, 0.05) is 6.54 Å². The van der Waals surface area contributed by atoms with E-state index in [-0.39, 0.29) is 6.10 Å². The second kappa shape index (κ2) is 7.88. The first kappa shape index (κ1) is 11.6. The highest BCUT2D eigenvalue weighted by atomic mass is 16.3. The molecule has 0 aliphatic rings. The van der Waals surface area contributed by atoms with E-state index in [1.165, 1.54) is 0 Å². The van der Waals surface area contributed by atoms with Crippen LogP contribution >= 0.6 is 0 Å². The van der Waals surface area contributed by atoms with Crippen LogP contribution in [0, 0.1) is 0 Å². The van der Waals surface area contributed by atoms with E-state index < -0.39 is 0 Å². The van der Waals surface area contributed by atoms with Crippen molar-refractivity contribution in [3.63, 3.8) is 0 Å². The molecule has 0 saturated heterocycles. The molecule has 0 amide bonds. The molecule has 5 N–H and O–H groups in total. The Bertz CT molecular complexity index is 43.6. The second-order valence-corrected chi connectivity index (χ2v) is 2.33. The molecule has 0 aromatic heterocycles. The lowest BCUT2D eigenvalue weighted by Crippen LogP contribution is -2.14. The van der Waals surface area contributed by atoms with E-state index in [0.29, 0.717) is 12.6 Å². The van der Waals surface area contributed by atoms with Gasteiger partial charge in [0.15, 0.2) is 0 Å². The molecule has 0 radical (unpaired) electrons. The molecule has 0 aliphatic heterocycles. The maximum Gasteiger partial charge on any atom is 0.0634 e. The van der Waals surface area contributed by atoms with Gasteiger partial charge in [-0.2, -0.15) is 0 Å². The van der Waals surface area contributed by atoms with E-state index in [2.05, 4.69) is 0 Å². The van der Waals surface area contributed by atoms with Gasteiger partial charge >= 0.3 is 0 Å². The largest absolute Gasteiger partial charge is 0.392 e. The van der Waals surface area contributed by atoms with E-state index >= 15 is 0 Å². The van der Waals surface area contributed by atoms with E-state index in [1.807, 2.05) is 13.8 Å². The Morgan fingerprint density at radius 2 is 1.44 bits per heavy atom. The average molecular weight is 134 g/mol. The molecule has 3 nitrogen and oxygen atoms in total. The highest BCUT2D eigenvalue weighted by Crippen LogP contribution is 1.65. The molecule has 0 fully saturated rings. The topological polar surface area (TPSA) is 72.3 Å². The summed E-state index contributed by atoms with van der Waals surface area (Å²) < 4.78 is 0. The predicted molar refractivity (Wildman–Crippen MR) is 40.1 cm³/mol.